The van der Waals surface area contributed by atoms with E-state index in [1.54, 1.807) is 48.5 Å². The van der Waals surface area contributed by atoms with Gasteiger partial charge in [-0.1, -0.05) is 40.0 Å². The van der Waals surface area contributed by atoms with Crippen molar-refractivity contribution in [2.24, 2.45) is 45.3 Å². The minimum absolute atomic E-state index is 0.0231. The van der Waals surface area contributed by atoms with Crippen molar-refractivity contribution < 1.29 is 98.9 Å². The van der Waals surface area contributed by atoms with E-state index in [-0.39, 0.29) is 71.4 Å². The minimum atomic E-state index is -4.24. The van der Waals surface area contributed by atoms with Crippen LogP contribution in [0.2, 0.25) is 0 Å². The zero-order chi connectivity index (χ0) is 53.9. The molecular formula is C49H77F5O16. The standard InChI is InChI=1S/C27H41F3O8.C22H36F2O8/c1-5-26(4,24(35)38-18-12-10-17(11-13-18)27(28,29)30)16-25(2,3)23(34)37-15-14-36-22(33)20-9-7-6-8-19(20)21(31)32;1-7-10-11-31-19(29)21(6,8-2)13-15(16(25)30-9-3)12-20(4,5)18(28)32-14-22(23,24)17(26)27/h17-20H,5-16H2,1-4H3,(H,31,32);15H,7-14H2,1-6H3,(H,26,27). The normalized spacial score (nSPS) is 20.9. The van der Waals surface area contributed by atoms with Gasteiger partial charge in [0.05, 0.1) is 58.5 Å². The Labute approximate surface area is 408 Å². The molecule has 0 bridgehead atoms. The molecule has 404 valence electrons. The van der Waals surface area contributed by atoms with Crippen molar-refractivity contribution in [2.45, 2.75) is 184 Å². The van der Waals surface area contributed by atoms with E-state index in [9.17, 15) is 65.4 Å². The predicted molar refractivity (Wildman–Crippen MR) is 241 cm³/mol. The molecule has 2 fully saturated rings. The largest absolute Gasteiger partial charge is 0.481 e. The topological polar surface area (TPSA) is 232 Å². The molecule has 0 radical (unpaired) electrons. The Kier molecular flexibility index (Phi) is 25.2. The number of rotatable bonds is 26. The van der Waals surface area contributed by atoms with E-state index in [2.05, 4.69) is 4.74 Å². The van der Waals surface area contributed by atoms with Crippen molar-refractivity contribution in [1.82, 2.24) is 0 Å². The molecule has 0 spiro atoms. The van der Waals surface area contributed by atoms with Gasteiger partial charge in [0.25, 0.3) is 0 Å². The number of unbranched alkanes of at least 4 members (excludes halogenated alkanes) is 1. The van der Waals surface area contributed by atoms with Gasteiger partial charge >= 0.3 is 59.9 Å². The summed E-state index contributed by atoms with van der Waals surface area (Å²) in [5.74, 6) is -15.4. The number of carboxylic acids is 2. The van der Waals surface area contributed by atoms with Crippen LogP contribution in [-0.2, 0) is 66.8 Å². The van der Waals surface area contributed by atoms with Crippen molar-refractivity contribution in [3.63, 3.8) is 0 Å². The lowest BCUT2D eigenvalue weighted by Gasteiger charge is -2.36. The summed E-state index contributed by atoms with van der Waals surface area (Å²) < 4.78 is 96.3. The molecule has 0 aromatic carbocycles. The number of hydrogen-bond donors (Lipinski definition) is 2. The van der Waals surface area contributed by atoms with Crippen LogP contribution in [0, 0.1) is 45.3 Å². The quantitative estimate of drug-likeness (QED) is 0.0355. The monoisotopic (exact) mass is 1020 g/mol. The lowest BCUT2D eigenvalue weighted by Crippen LogP contribution is -2.41. The number of ether oxygens (including phenoxy) is 6. The van der Waals surface area contributed by atoms with Crippen LogP contribution < -0.4 is 0 Å². The number of carbonyl (C=O) groups excluding carboxylic acids is 6. The summed E-state index contributed by atoms with van der Waals surface area (Å²) in [4.78, 5) is 97.7. The van der Waals surface area contributed by atoms with E-state index in [0.29, 0.717) is 32.1 Å². The molecule has 5 unspecified atom stereocenters. The van der Waals surface area contributed by atoms with Crippen molar-refractivity contribution in [3.05, 3.63) is 0 Å². The van der Waals surface area contributed by atoms with Gasteiger partial charge in [-0.3, -0.25) is 33.6 Å². The second-order valence-electron chi connectivity index (χ2n) is 20.3. The lowest BCUT2D eigenvalue weighted by molar-refractivity contribution is -0.191. The van der Waals surface area contributed by atoms with E-state index in [4.69, 9.17) is 28.8 Å². The molecule has 0 aromatic heterocycles. The molecule has 2 aliphatic carbocycles. The highest BCUT2D eigenvalue weighted by atomic mass is 19.4. The summed E-state index contributed by atoms with van der Waals surface area (Å²) >= 11 is 0. The molecule has 2 rings (SSSR count). The first-order valence-corrected chi connectivity index (χ1v) is 24.2. The zero-order valence-corrected chi connectivity index (χ0v) is 42.5. The number of aliphatic carboxylic acids is 2. The molecule has 16 nitrogen and oxygen atoms in total. The van der Waals surface area contributed by atoms with Gasteiger partial charge in [-0.25, -0.2) is 4.79 Å². The highest BCUT2D eigenvalue weighted by Crippen LogP contribution is 2.43. The summed E-state index contributed by atoms with van der Waals surface area (Å²) in [5, 5.41) is 17.8. The Balaban J connectivity index is 0.000000712. The maximum Gasteiger partial charge on any atom is 0.391 e. The molecule has 0 amide bonds. The van der Waals surface area contributed by atoms with E-state index in [0.717, 1.165) is 19.3 Å². The maximum atomic E-state index is 13.3. The first kappa shape index (κ1) is 63.4. The fourth-order valence-electron chi connectivity index (χ4n) is 8.49. The van der Waals surface area contributed by atoms with Crippen LogP contribution in [0.4, 0.5) is 22.0 Å². The summed E-state index contributed by atoms with van der Waals surface area (Å²) in [6.07, 6.45) is -0.102. The van der Waals surface area contributed by atoms with E-state index >= 15 is 0 Å². The first-order valence-electron chi connectivity index (χ1n) is 24.2. The van der Waals surface area contributed by atoms with Crippen LogP contribution in [0.15, 0.2) is 0 Å². The van der Waals surface area contributed by atoms with Gasteiger partial charge in [-0.05, 0) is 126 Å². The number of alkyl halides is 5. The highest BCUT2D eigenvalue weighted by molar-refractivity contribution is 5.83. The van der Waals surface area contributed by atoms with Crippen molar-refractivity contribution >= 4 is 47.8 Å². The highest BCUT2D eigenvalue weighted by Gasteiger charge is 2.48. The van der Waals surface area contributed by atoms with E-state index in [1.165, 1.54) is 13.8 Å². The summed E-state index contributed by atoms with van der Waals surface area (Å²) in [6, 6.07) is 0. The van der Waals surface area contributed by atoms with Crippen LogP contribution in [0.3, 0.4) is 0 Å². The zero-order valence-electron chi connectivity index (χ0n) is 42.5. The smallest absolute Gasteiger partial charge is 0.391 e. The number of esters is 6. The molecule has 21 heteroatoms. The molecule has 2 N–H and O–H groups in total. The van der Waals surface area contributed by atoms with Crippen LogP contribution in [0.5, 0.6) is 0 Å². The fourth-order valence-corrected chi connectivity index (χ4v) is 8.49. The van der Waals surface area contributed by atoms with Gasteiger partial charge in [-0.15, -0.1) is 0 Å². The lowest BCUT2D eigenvalue weighted by atomic mass is 9.72. The predicted octanol–water partition coefficient (Wildman–Crippen LogP) is 9.46. The number of halogens is 5. The van der Waals surface area contributed by atoms with Gasteiger partial charge < -0.3 is 38.6 Å². The Morgan fingerprint density at radius 1 is 0.586 bits per heavy atom. The molecular weight excluding hydrogens is 940 g/mol. The average molecular weight is 1020 g/mol. The number of hydrogen-bond acceptors (Lipinski definition) is 14. The van der Waals surface area contributed by atoms with Gasteiger partial charge in [0.2, 0.25) is 0 Å². The molecule has 0 saturated heterocycles. The molecule has 2 aliphatic rings. The third-order valence-corrected chi connectivity index (χ3v) is 13.3. The maximum absolute atomic E-state index is 13.3. The molecule has 5 atom stereocenters. The third-order valence-electron chi connectivity index (χ3n) is 13.3. The average Bonchev–Trinajstić information content (AvgIpc) is 3.28. The van der Waals surface area contributed by atoms with Gasteiger partial charge in [-0.2, -0.15) is 22.0 Å². The van der Waals surface area contributed by atoms with E-state index < -0.39 is 118 Å². The van der Waals surface area contributed by atoms with Gasteiger partial charge in [0.15, 0.2) is 6.61 Å². The Bertz CT molecular complexity index is 1760. The van der Waals surface area contributed by atoms with Gasteiger partial charge in [0, 0.05) is 0 Å². The molecule has 0 aliphatic heterocycles. The molecule has 0 aromatic rings. The van der Waals surface area contributed by atoms with E-state index in [1.807, 2.05) is 6.92 Å². The summed E-state index contributed by atoms with van der Waals surface area (Å²) in [7, 11) is 0. The van der Waals surface area contributed by atoms with Crippen LogP contribution in [-0.4, -0.2) is 109 Å². The number of carbonyl (C=O) groups is 8. The first-order chi connectivity index (χ1) is 32.3. The Morgan fingerprint density at radius 3 is 1.61 bits per heavy atom. The van der Waals surface area contributed by atoms with Gasteiger partial charge in [0.1, 0.15) is 19.3 Å². The van der Waals surface area contributed by atoms with Crippen LogP contribution in [0.25, 0.3) is 0 Å². The Morgan fingerprint density at radius 2 is 1.11 bits per heavy atom. The minimum Gasteiger partial charge on any atom is -0.481 e. The fraction of sp³-hybridized carbons (Fsp3) is 0.837. The van der Waals surface area contributed by atoms with Crippen molar-refractivity contribution in [1.29, 1.82) is 0 Å². The summed E-state index contributed by atoms with van der Waals surface area (Å²) in [5.41, 5.74) is -4.60. The van der Waals surface area contributed by atoms with Crippen LogP contribution >= 0.6 is 0 Å². The summed E-state index contributed by atoms with van der Waals surface area (Å²) in [6.45, 7) is 14.8. The second-order valence-corrected chi connectivity index (χ2v) is 20.3. The van der Waals surface area contributed by atoms with Crippen molar-refractivity contribution in [3.8, 4) is 0 Å². The SMILES string of the molecule is CCC(C)(CC(C)(C)C(=O)OCCOC(=O)C1CCCCC1C(=O)O)C(=O)OC1CCC(C(F)(F)F)CC1.CCCCOC(=O)C(C)(CC)CC(CC(C)(C)C(=O)OCC(F)(F)C(=O)O)C(=O)OCC. The van der Waals surface area contributed by atoms with Crippen LogP contribution in [0.1, 0.15) is 166 Å². The Hall–Kier alpha value is -4.59. The molecule has 2 saturated carbocycles. The third kappa shape index (κ3) is 19.9. The number of carboxylic acid groups (broad SMARTS) is 2. The molecule has 70 heavy (non-hydrogen) atoms. The van der Waals surface area contributed by atoms with Crippen molar-refractivity contribution in [2.75, 3.05) is 33.0 Å². The molecule has 0 heterocycles. The second kappa shape index (κ2) is 27.9.